The molecule has 2 aromatic carbocycles. The molecule has 1 saturated heterocycles. The van der Waals surface area contributed by atoms with Gasteiger partial charge in [0.15, 0.2) is 0 Å². The smallest absolute Gasteiger partial charge is 0.244 e. The predicted molar refractivity (Wildman–Crippen MR) is 107 cm³/mol. The Bertz CT molecular complexity index is 963. The van der Waals surface area contributed by atoms with E-state index in [1.165, 1.54) is 26.4 Å². The first-order chi connectivity index (χ1) is 13.3. The van der Waals surface area contributed by atoms with Crippen molar-refractivity contribution in [2.75, 3.05) is 32.2 Å². The standard InChI is InChI=1S/C19H21ClN2O5S/c1-26-16-7-8-17(27-2)18(10-16)28(24,25)21-11-13-9-19(23)22(12-13)15-5-3-14(20)4-6-15/h3-8,10,13,21H,9,11-12H2,1-2H3. The molecule has 1 aliphatic heterocycles. The molecule has 0 aliphatic carbocycles. The fourth-order valence-corrected chi connectivity index (χ4v) is 4.51. The predicted octanol–water partition coefficient (Wildman–Crippen LogP) is 2.69. The number of carbonyl (C=O) groups excluding carboxylic acids is 1. The summed E-state index contributed by atoms with van der Waals surface area (Å²) in [6, 6.07) is 11.5. The first kappa shape index (κ1) is 20.4. The van der Waals surface area contributed by atoms with Gasteiger partial charge >= 0.3 is 0 Å². The first-order valence-corrected chi connectivity index (χ1v) is 10.5. The second-order valence-electron chi connectivity index (χ2n) is 6.42. The van der Waals surface area contributed by atoms with Crippen molar-refractivity contribution in [2.24, 2.45) is 5.92 Å². The van der Waals surface area contributed by atoms with E-state index in [2.05, 4.69) is 4.72 Å². The maximum Gasteiger partial charge on any atom is 0.244 e. The number of methoxy groups -OCH3 is 2. The average Bonchev–Trinajstić information content (AvgIpc) is 3.07. The summed E-state index contributed by atoms with van der Waals surface area (Å²) in [5, 5.41) is 0.590. The van der Waals surface area contributed by atoms with E-state index in [4.69, 9.17) is 21.1 Å². The Labute approximate surface area is 169 Å². The summed E-state index contributed by atoms with van der Waals surface area (Å²) in [7, 11) is -0.968. The van der Waals surface area contributed by atoms with Gasteiger partial charge in [-0.2, -0.15) is 0 Å². The van der Waals surface area contributed by atoms with Gasteiger partial charge in [-0.3, -0.25) is 4.79 Å². The van der Waals surface area contributed by atoms with Crippen LogP contribution in [0.4, 0.5) is 5.69 Å². The molecule has 0 aromatic heterocycles. The lowest BCUT2D eigenvalue weighted by atomic mass is 10.1. The van der Waals surface area contributed by atoms with Crippen LogP contribution in [0.25, 0.3) is 0 Å². The van der Waals surface area contributed by atoms with Crippen LogP contribution in [-0.2, 0) is 14.8 Å². The molecule has 1 fully saturated rings. The highest BCUT2D eigenvalue weighted by Gasteiger charge is 2.32. The number of nitrogens with zero attached hydrogens (tertiary/aromatic N) is 1. The van der Waals surface area contributed by atoms with Crippen LogP contribution in [0.1, 0.15) is 6.42 Å². The van der Waals surface area contributed by atoms with E-state index in [0.717, 1.165) is 5.69 Å². The molecule has 0 saturated carbocycles. The summed E-state index contributed by atoms with van der Waals surface area (Å²) in [4.78, 5) is 14.0. The number of amides is 1. The summed E-state index contributed by atoms with van der Waals surface area (Å²) >= 11 is 5.89. The molecule has 1 atom stereocenters. The number of sulfonamides is 1. The van der Waals surface area contributed by atoms with Gasteiger partial charge < -0.3 is 14.4 Å². The number of carbonyl (C=O) groups is 1. The minimum atomic E-state index is -3.83. The molecule has 1 heterocycles. The van der Waals surface area contributed by atoms with E-state index in [9.17, 15) is 13.2 Å². The molecule has 7 nitrogen and oxygen atoms in total. The van der Waals surface area contributed by atoms with E-state index in [1.807, 2.05) is 0 Å². The van der Waals surface area contributed by atoms with Crippen LogP contribution in [0.3, 0.4) is 0 Å². The minimum Gasteiger partial charge on any atom is -0.497 e. The van der Waals surface area contributed by atoms with Crippen LogP contribution in [-0.4, -0.2) is 41.6 Å². The zero-order valence-electron chi connectivity index (χ0n) is 15.5. The Kier molecular flexibility index (Phi) is 6.12. The third-order valence-electron chi connectivity index (χ3n) is 4.57. The first-order valence-electron chi connectivity index (χ1n) is 8.61. The van der Waals surface area contributed by atoms with Gasteiger partial charge in [-0.15, -0.1) is 0 Å². The summed E-state index contributed by atoms with van der Waals surface area (Å²) in [6.07, 6.45) is 0.264. The number of ether oxygens (including phenoxy) is 2. The van der Waals surface area contributed by atoms with E-state index < -0.39 is 10.0 Å². The van der Waals surface area contributed by atoms with Gasteiger partial charge in [-0.05, 0) is 42.3 Å². The molecule has 2 aromatic rings. The SMILES string of the molecule is COc1ccc(OC)c(S(=O)(=O)NCC2CC(=O)N(c3ccc(Cl)cc3)C2)c1. The molecule has 150 valence electrons. The van der Waals surface area contributed by atoms with Crippen molar-refractivity contribution in [3.63, 3.8) is 0 Å². The third-order valence-corrected chi connectivity index (χ3v) is 6.26. The molecule has 0 spiro atoms. The Balaban J connectivity index is 1.70. The molecule has 1 unspecified atom stereocenters. The van der Waals surface area contributed by atoms with E-state index in [0.29, 0.717) is 17.3 Å². The molecular formula is C19H21ClN2O5S. The molecule has 9 heteroatoms. The molecule has 28 heavy (non-hydrogen) atoms. The number of hydrogen-bond acceptors (Lipinski definition) is 5. The summed E-state index contributed by atoms with van der Waals surface area (Å²) in [6.45, 7) is 0.566. The van der Waals surface area contributed by atoms with Crippen LogP contribution in [0.15, 0.2) is 47.4 Å². The quantitative estimate of drug-likeness (QED) is 0.738. The van der Waals surface area contributed by atoms with Gasteiger partial charge in [0, 0.05) is 36.3 Å². The van der Waals surface area contributed by atoms with E-state index in [1.54, 1.807) is 35.2 Å². The lowest BCUT2D eigenvalue weighted by molar-refractivity contribution is -0.117. The molecular weight excluding hydrogens is 404 g/mol. The maximum atomic E-state index is 12.7. The largest absolute Gasteiger partial charge is 0.497 e. The second kappa shape index (κ2) is 8.38. The van der Waals surface area contributed by atoms with E-state index in [-0.39, 0.29) is 35.4 Å². The van der Waals surface area contributed by atoms with Gasteiger partial charge in [0.1, 0.15) is 16.4 Å². The second-order valence-corrected chi connectivity index (χ2v) is 8.59. The topological polar surface area (TPSA) is 84.9 Å². The van der Waals surface area contributed by atoms with Crippen LogP contribution in [0.5, 0.6) is 11.5 Å². The van der Waals surface area contributed by atoms with Crippen molar-refractivity contribution in [3.8, 4) is 11.5 Å². The lowest BCUT2D eigenvalue weighted by Crippen LogP contribution is -2.31. The fourth-order valence-electron chi connectivity index (χ4n) is 3.09. The van der Waals surface area contributed by atoms with Crippen molar-refractivity contribution >= 4 is 33.2 Å². The zero-order chi connectivity index (χ0) is 20.3. The molecule has 1 aliphatic rings. The Morgan fingerprint density at radius 3 is 2.50 bits per heavy atom. The van der Waals surface area contributed by atoms with Gasteiger partial charge in [-0.1, -0.05) is 11.6 Å². The normalized spacial score (nSPS) is 17.0. The number of nitrogens with one attached hydrogen (secondary N) is 1. The van der Waals surface area contributed by atoms with Crippen LogP contribution in [0, 0.1) is 5.92 Å². The van der Waals surface area contributed by atoms with Crippen LogP contribution >= 0.6 is 11.6 Å². The van der Waals surface area contributed by atoms with Crippen molar-refractivity contribution in [3.05, 3.63) is 47.5 Å². The van der Waals surface area contributed by atoms with Gasteiger partial charge in [-0.25, -0.2) is 13.1 Å². The number of benzene rings is 2. The molecule has 1 amide bonds. The number of hydrogen-bond donors (Lipinski definition) is 1. The van der Waals surface area contributed by atoms with Crippen molar-refractivity contribution < 1.29 is 22.7 Å². The lowest BCUT2D eigenvalue weighted by Gasteiger charge is -2.17. The maximum absolute atomic E-state index is 12.7. The number of rotatable bonds is 7. The molecule has 3 rings (SSSR count). The summed E-state index contributed by atoms with van der Waals surface area (Å²) in [5.74, 6) is 0.435. The summed E-state index contributed by atoms with van der Waals surface area (Å²) < 4.78 is 38.3. The van der Waals surface area contributed by atoms with Gasteiger partial charge in [0.2, 0.25) is 15.9 Å². The Morgan fingerprint density at radius 2 is 1.86 bits per heavy atom. The number of halogens is 1. The number of anilines is 1. The van der Waals surface area contributed by atoms with E-state index >= 15 is 0 Å². The minimum absolute atomic E-state index is 0.00627. The van der Waals surface area contributed by atoms with Crippen molar-refractivity contribution in [1.82, 2.24) is 4.72 Å². The monoisotopic (exact) mass is 424 g/mol. The Morgan fingerprint density at radius 1 is 1.14 bits per heavy atom. The average molecular weight is 425 g/mol. The fraction of sp³-hybridized carbons (Fsp3) is 0.316. The van der Waals surface area contributed by atoms with Crippen LogP contribution in [0.2, 0.25) is 5.02 Å². The molecule has 1 N–H and O–H groups in total. The summed E-state index contributed by atoms with van der Waals surface area (Å²) in [5.41, 5.74) is 0.745. The highest BCUT2D eigenvalue weighted by Crippen LogP contribution is 2.29. The van der Waals surface area contributed by atoms with Crippen molar-refractivity contribution in [1.29, 1.82) is 0 Å². The van der Waals surface area contributed by atoms with Gasteiger partial charge in [0.25, 0.3) is 0 Å². The molecule has 0 bridgehead atoms. The zero-order valence-corrected chi connectivity index (χ0v) is 17.1. The highest BCUT2D eigenvalue weighted by atomic mass is 35.5. The van der Waals surface area contributed by atoms with Crippen molar-refractivity contribution in [2.45, 2.75) is 11.3 Å². The van der Waals surface area contributed by atoms with Crippen LogP contribution < -0.4 is 19.1 Å². The molecule has 0 radical (unpaired) electrons. The third kappa shape index (κ3) is 4.40. The highest BCUT2D eigenvalue weighted by molar-refractivity contribution is 7.89. The Hall–Kier alpha value is -2.29. The van der Waals surface area contributed by atoms with Gasteiger partial charge in [0.05, 0.1) is 14.2 Å².